The summed E-state index contributed by atoms with van der Waals surface area (Å²) in [7, 11) is 0. The summed E-state index contributed by atoms with van der Waals surface area (Å²) < 4.78 is 2.10. The van der Waals surface area contributed by atoms with Crippen molar-refractivity contribution in [3.05, 3.63) is 36.0 Å². The molecule has 4 rings (SSSR count). The molecule has 2 aliphatic rings. The molecular weight excluding hydrogens is 334 g/mol. The highest BCUT2D eigenvalue weighted by atomic mass is 16.4. The van der Waals surface area contributed by atoms with E-state index in [1.165, 1.54) is 0 Å². The third-order valence-electron chi connectivity index (χ3n) is 5.78. The molecule has 7 nitrogen and oxygen atoms in total. The second kappa shape index (κ2) is 5.86. The SMILES string of the molecule is Cc1cc2ccccc2n1CCC(=O)N1C[C@H]2C(=O)NC[C@@]2(C(=O)O)C1. The molecule has 2 aromatic rings. The maximum atomic E-state index is 12.7. The van der Waals surface area contributed by atoms with Crippen LogP contribution in [-0.4, -0.2) is 52.0 Å². The van der Waals surface area contributed by atoms with Gasteiger partial charge in [0.25, 0.3) is 0 Å². The predicted octanol–water partition coefficient (Wildman–Crippen LogP) is 0.999. The average Bonchev–Trinajstić information content (AvgIpc) is 3.24. The van der Waals surface area contributed by atoms with Gasteiger partial charge < -0.3 is 19.9 Å². The lowest BCUT2D eigenvalue weighted by molar-refractivity contribution is -0.150. The van der Waals surface area contributed by atoms with Crippen LogP contribution in [0.1, 0.15) is 12.1 Å². The zero-order chi connectivity index (χ0) is 18.5. The number of amides is 2. The summed E-state index contributed by atoms with van der Waals surface area (Å²) in [6.07, 6.45) is 0.281. The highest BCUT2D eigenvalue weighted by Gasteiger charge is 2.60. The number of carbonyl (C=O) groups excluding carboxylic acids is 2. The van der Waals surface area contributed by atoms with Crippen LogP contribution in [0.25, 0.3) is 10.9 Å². The number of carbonyl (C=O) groups is 3. The zero-order valence-electron chi connectivity index (χ0n) is 14.6. The van der Waals surface area contributed by atoms with Crippen molar-refractivity contribution >= 4 is 28.7 Å². The van der Waals surface area contributed by atoms with Gasteiger partial charge in [0.15, 0.2) is 0 Å². The number of carboxylic acid groups (broad SMARTS) is 1. The number of nitrogens with one attached hydrogen (secondary N) is 1. The number of para-hydroxylation sites is 1. The maximum Gasteiger partial charge on any atom is 0.314 e. The highest BCUT2D eigenvalue weighted by Crippen LogP contribution is 2.40. The van der Waals surface area contributed by atoms with Crippen LogP contribution in [0.15, 0.2) is 30.3 Å². The Labute approximate surface area is 150 Å². The number of carboxylic acids is 1. The van der Waals surface area contributed by atoms with Gasteiger partial charge in [-0.2, -0.15) is 0 Å². The first kappa shape index (κ1) is 16.6. The summed E-state index contributed by atoms with van der Waals surface area (Å²) in [6.45, 7) is 2.91. The van der Waals surface area contributed by atoms with Crippen LogP contribution in [0.2, 0.25) is 0 Å². The van der Waals surface area contributed by atoms with Gasteiger partial charge >= 0.3 is 5.97 Å². The molecule has 0 aliphatic carbocycles. The first-order valence-electron chi connectivity index (χ1n) is 8.76. The van der Waals surface area contributed by atoms with Crippen molar-refractivity contribution < 1.29 is 19.5 Å². The van der Waals surface area contributed by atoms with E-state index in [0.717, 1.165) is 16.6 Å². The Kier molecular flexibility index (Phi) is 3.75. The second-order valence-electron chi connectivity index (χ2n) is 7.25. The Balaban J connectivity index is 1.49. The topological polar surface area (TPSA) is 91.6 Å². The number of benzene rings is 1. The van der Waals surface area contributed by atoms with E-state index in [0.29, 0.717) is 6.54 Å². The predicted molar refractivity (Wildman–Crippen MR) is 94.4 cm³/mol. The van der Waals surface area contributed by atoms with Gasteiger partial charge in [-0.15, -0.1) is 0 Å². The molecule has 2 saturated heterocycles. The summed E-state index contributed by atoms with van der Waals surface area (Å²) in [5.41, 5.74) is 0.985. The van der Waals surface area contributed by atoms with E-state index in [2.05, 4.69) is 16.0 Å². The Morgan fingerprint density at radius 3 is 2.85 bits per heavy atom. The molecule has 0 radical (unpaired) electrons. The molecular formula is C19H21N3O4. The van der Waals surface area contributed by atoms with Crippen LogP contribution >= 0.6 is 0 Å². The fourth-order valence-electron chi connectivity index (χ4n) is 4.28. The van der Waals surface area contributed by atoms with Crippen LogP contribution in [0.4, 0.5) is 0 Å². The van der Waals surface area contributed by atoms with Crippen molar-refractivity contribution in [3.8, 4) is 0 Å². The largest absolute Gasteiger partial charge is 0.481 e. The lowest BCUT2D eigenvalue weighted by Crippen LogP contribution is -2.41. The molecule has 2 amide bonds. The average molecular weight is 355 g/mol. The fourth-order valence-corrected chi connectivity index (χ4v) is 4.28. The van der Waals surface area contributed by atoms with Gasteiger partial charge in [-0.1, -0.05) is 18.2 Å². The molecule has 1 aromatic heterocycles. The van der Waals surface area contributed by atoms with Gasteiger partial charge in [-0.3, -0.25) is 14.4 Å². The first-order valence-corrected chi connectivity index (χ1v) is 8.76. The van der Waals surface area contributed by atoms with Crippen LogP contribution in [0.3, 0.4) is 0 Å². The maximum absolute atomic E-state index is 12.7. The minimum absolute atomic E-state index is 0.0932. The third-order valence-corrected chi connectivity index (χ3v) is 5.78. The van der Waals surface area contributed by atoms with Crippen LogP contribution in [0, 0.1) is 18.3 Å². The van der Waals surface area contributed by atoms with Crippen molar-refractivity contribution in [2.45, 2.75) is 19.9 Å². The number of rotatable bonds is 4. The number of fused-ring (bicyclic) bond motifs is 2. The van der Waals surface area contributed by atoms with Gasteiger partial charge in [0.05, 0.1) is 5.92 Å². The lowest BCUT2D eigenvalue weighted by Gasteiger charge is -2.22. The number of aromatic nitrogens is 1. The zero-order valence-corrected chi connectivity index (χ0v) is 14.6. The molecule has 2 N–H and O–H groups in total. The second-order valence-corrected chi connectivity index (χ2v) is 7.25. The molecule has 0 unspecified atom stereocenters. The summed E-state index contributed by atoms with van der Waals surface area (Å²) in [5, 5.41) is 13.3. The summed E-state index contributed by atoms with van der Waals surface area (Å²) in [6, 6.07) is 10.1. The Morgan fingerprint density at radius 2 is 2.12 bits per heavy atom. The van der Waals surface area contributed by atoms with Crippen molar-refractivity contribution in [2.75, 3.05) is 19.6 Å². The molecule has 0 bridgehead atoms. The molecule has 0 saturated carbocycles. The Bertz CT molecular complexity index is 919. The number of nitrogens with zero attached hydrogens (tertiary/aromatic N) is 2. The van der Waals surface area contributed by atoms with Gasteiger partial charge in [0.2, 0.25) is 11.8 Å². The van der Waals surface area contributed by atoms with Crippen molar-refractivity contribution in [1.82, 2.24) is 14.8 Å². The molecule has 2 atom stereocenters. The smallest absolute Gasteiger partial charge is 0.314 e. The highest BCUT2D eigenvalue weighted by molar-refractivity contribution is 5.94. The van der Waals surface area contributed by atoms with E-state index in [4.69, 9.17) is 0 Å². The summed E-state index contributed by atoms with van der Waals surface area (Å²) in [4.78, 5) is 37.9. The molecule has 0 spiro atoms. The van der Waals surface area contributed by atoms with Crippen LogP contribution in [-0.2, 0) is 20.9 Å². The quantitative estimate of drug-likeness (QED) is 0.856. The molecule has 136 valence electrons. The Hall–Kier alpha value is -2.83. The first-order chi connectivity index (χ1) is 12.4. The standard InChI is InChI=1S/C19H21N3O4/c1-12-8-13-4-2-3-5-15(13)22(12)7-6-16(23)21-9-14-17(24)20-10-19(14,11-21)18(25)26/h2-5,8,14H,6-7,9-11H2,1H3,(H,20,24)(H,25,26)/t14-,19+/m0/s1. The lowest BCUT2D eigenvalue weighted by atomic mass is 9.81. The fraction of sp³-hybridized carbons (Fsp3) is 0.421. The number of likely N-dealkylation sites (tertiary alicyclic amines) is 1. The van der Waals surface area contributed by atoms with E-state index in [-0.39, 0.29) is 37.9 Å². The van der Waals surface area contributed by atoms with Crippen molar-refractivity contribution in [3.63, 3.8) is 0 Å². The number of hydrogen-bond acceptors (Lipinski definition) is 3. The Morgan fingerprint density at radius 1 is 1.35 bits per heavy atom. The normalized spacial score (nSPS) is 24.7. The van der Waals surface area contributed by atoms with E-state index in [1.54, 1.807) is 4.90 Å². The van der Waals surface area contributed by atoms with E-state index < -0.39 is 17.3 Å². The van der Waals surface area contributed by atoms with Crippen LogP contribution in [0.5, 0.6) is 0 Å². The monoisotopic (exact) mass is 355 g/mol. The molecule has 7 heteroatoms. The number of aliphatic carboxylic acids is 1. The van der Waals surface area contributed by atoms with Crippen LogP contribution < -0.4 is 5.32 Å². The number of aryl methyl sites for hydroxylation is 2. The molecule has 2 aliphatic heterocycles. The minimum Gasteiger partial charge on any atom is -0.481 e. The van der Waals surface area contributed by atoms with Gasteiger partial charge in [0.1, 0.15) is 5.41 Å². The number of hydrogen-bond donors (Lipinski definition) is 2. The molecule has 26 heavy (non-hydrogen) atoms. The van der Waals surface area contributed by atoms with E-state index in [1.807, 2.05) is 31.2 Å². The molecule has 1 aromatic carbocycles. The minimum atomic E-state index is -1.18. The van der Waals surface area contributed by atoms with Crippen molar-refractivity contribution in [1.29, 1.82) is 0 Å². The van der Waals surface area contributed by atoms with E-state index >= 15 is 0 Å². The van der Waals surface area contributed by atoms with Gasteiger partial charge in [0, 0.05) is 43.8 Å². The molecule has 2 fully saturated rings. The van der Waals surface area contributed by atoms with E-state index in [9.17, 15) is 19.5 Å². The molecule has 3 heterocycles. The van der Waals surface area contributed by atoms with Gasteiger partial charge in [-0.25, -0.2) is 0 Å². The van der Waals surface area contributed by atoms with Crippen molar-refractivity contribution in [2.24, 2.45) is 11.3 Å². The summed E-state index contributed by atoms with van der Waals surface area (Å²) >= 11 is 0. The summed E-state index contributed by atoms with van der Waals surface area (Å²) in [5.74, 6) is -2.04. The van der Waals surface area contributed by atoms with Gasteiger partial charge in [-0.05, 0) is 24.4 Å². The third kappa shape index (κ3) is 2.38.